The van der Waals surface area contributed by atoms with Crippen LogP contribution in [0, 0.1) is 0 Å². The van der Waals surface area contributed by atoms with E-state index in [2.05, 4.69) is 19.2 Å². The molecule has 108 valence electrons. The lowest BCUT2D eigenvalue weighted by Gasteiger charge is -2.12. The summed E-state index contributed by atoms with van der Waals surface area (Å²) in [5.41, 5.74) is 1.10. The van der Waals surface area contributed by atoms with Gasteiger partial charge in [-0.15, -0.1) is 0 Å². The van der Waals surface area contributed by atoms with Gasteiger partial charge in [-0.05, 0) is 50.4 Å². The van der Waals surface area contributed by atoms with Gasteiger partial charge in [0.2, 0.25) is 0 Å². The molecule has 0 spiro atoms. The largest absolute Gasteiger partial charge is 0.314 e. The Morgan fingerprint density at radius 3 is 2.63 bits per heavy atom. The van der Waals surface area contributed by atoms with E-state index in [1.54, 1.807) is 0 Å². The molecule has 4 heteroatoms. The van der Waals surface area contributed by atoms with E-state index < -0.39 is 10.8 Å². The van der Waals surface area contributed by atoms with Crippen LogP contribution < -0.4 is 5.32 Å². The van der Waals surface area contributed by atoms with Gasteiger partial charge < -0.3 is 5.32 Å². The van der Waals surface area contributed by atoms with Crippen LogP contribution in [0.2, 0.25) is 5.02 Å². The summed E-state index contributed by atoms with van der Waals surface area (Å²) in [6.07, 6.45) is 3.26. The highest BCUT2D eigenvalue weighted by atomic mass is 35.5. The molecule has 0 aliphatic rings. The second-order valence-electron chi connectivity index (χ2n) is 4.91. The van der Waals surface area contributed by atoms with Crippen LogP contribution in [-0.4, -0.2) is 22.5 Å². The lowest BCUT2D eigenvalue weighted by Crippen LogP contribution is -2.26. The Morgan fingerprint density at radius 1 is 1.32 bits per heavy atom. The Kier molecular flexibility index (Phi) is 8.35. The van der Waals surface area contributed by atoms with E-state index in [9.17, 15) is 4.21 Å². The zero-order valence-corrected chi connectivity index (χ0v) is 13.4. The standard InChI is InChI=1S/C15H24ClNOS/c1-3-10-17-13(2)5-4-11-19(18)12-14-6-8-15(16)9-7-14/h6-9,13,17H,3-5,10-12H2,1-2H3. The van der Waals surface area contributed by atoms with Crippen LogP contribution in [0.4, 0.5) is 0 Å². The van der Waals surface area contributed by atoms with Crippen LogP contribution in [0.3, 0.4) is 0 Å². The summed E-state index contributed by atoms with van der Waals surface area (Å²) < 4.78 is 12.0. The lowest BCUT2D eigenvalue weighted by molar-refractivity contribution is 0.509. The highest BCUT2D eigenvalue weighted by Crippen LogP contribution is 2.11. The fourth-order valence-corrected chi connectivity index (χ4v) is 3.21. The van der Waals surface area contributed by atoms with Crippen molar-refractivity contribution >= 4 is 22.4 Å². The fourth-order valence-electron chi connectivity index (χ4n) is 1.88. The number of nitrogens with one attached hydrogen (secondary N) is 1. The molecule has 0 radical (unpaired) electrons. The summed E-state index contributed by atoms with van der Waals surface area (Å²) in [6, 6.07) is 8.12. The maximum Gasteiger partial charge on any atom is 0.0485 e. The summed E-state index contributed by atoms with van der Waals surface area (Å²) in [6.45, 7) is 5.42. The van der Waals surface area contributed by atoms with Gasteiger partial charge in [-0.25, -0.2) is 0 Å². The van der Waals surface area contributed by atoms with Gasteiger partial charge >= 0.3 is 0 Å². The van der Waals surface area contributed by atoms with Crippen LogP contribution in [0.1, 0.15) is 38.7 Å². The fraction of sp³-hybridized carbons (Fsp3) is 0.600. The molecule has 0 fully saturated rings. The maximum atomic E-state index is 12.0. The summed E-state index contributed by atoms with van der Waals surface area (Å²) >= 11 is 5.83. The van der Waals surface area contributed by atoms with Gasteiger partial charge in [0, 0.05) is 33.4 Å². The Balaban J connectivity index is 2.19. The van der Waals surface area contributed by atoms with Gasteiger partial charge in [-0.3, -0.25) is 4.21 Å². The molecule has 1 aromatic rings. The molecule has 0 bridgehead atoms. The molecule has 1 aromatic carbocycles. The molecule has 2 unspecified atom stereocenters. The van der Waals surface area contributed by atoms with Gasteiger partial charge in [0.25, 0.3) is 0 Å². The summed E-state index contributed by atoms with van der Waals surface area (Å²) in [7, 11) is -0.771. The van der Waals surface area contributed by atoms with Crippen molar-refractivity contribution in [1.29, 1.82) is 0 Å². The van der Waals surface area contributed by atoms with Crippen molar-refractivity contribution in [1.82, 2.24) is 5.32 Å². The van der Waals surface area contributed by atoms with Gasteiger partial charge in [0.1, 0.15) is 0 Å². The van der Waals surface area contributed by atoms with Crippen LogP contribution >= 0.6 is 11.6 Å². The van der Waals surface area contributed by atoms with Crippen LogP contribution in [-0.2, 0) is 16.6 Å². The quantitative estimate of drug-likeness (QED) is 0.752. The van der Waals surface area contributed by atoms with Gasteiger partial charge in [-0.1, -0.05) is 30.7 Å². The molecule has 0 aromatic heterocycles. The zero-order valence-electron chi connectivity index (χ0n) is 11.8. The minimum atomic E-state index is -0.771. The molecule has 0 heterocycles. The van der Waals surface area contributed by atoms with E-state index >= 15 is 0 Å². The SMILES string of the molecule is CCCNC(C)CCCS(=O)Cc1ccc(Cl)cc1. The highest BCUT2D eigenvalue weighted by Gasteiger charge is 2.05. The van der Waals surface area contributed by atoms with Gasteiger partial charge in [0.05, 0.1) is 0 Å². The lowest BCUT2D eigenvalue weighted by atomic mass is 10.2. The Labute approximate surface area is 124 Å². The number of benzene rings is 1. The second-order valence-corrected chi connectivity index (χ2v) is 6.93. The summed E-state index contributed by atoms with van der Waals surface area (Å²) in [4.78, 5) is 0. The van der Waals surface area contributed by atoms with E-state index in [4.69, 9.17) is 11.6 Å². The third kappa shape index (κ3) is 7.71. The first-order valence-electron chi connectivity index (χ1n) is 6.94. The summed E-state index contributed by atoms with van der Waals surface area (Å²) in [5.74, 6) is 1.41. The van der Waals surface area contributed by atoms with Crippen molar-refractivity contribution < 1.29 is 4.21 Å². The van der Waals surface area contributed by atoms with Crippen LogP contribution in [0.15, 0.2) is 24.3 Å². The molecule has 19 heavy (non-hydrogen) atoms. The summed E-state index contributed by atoms with van der Waals surface area (Å²) in [5, 5.41) is 4.18. The predicted octanol–water partition coefficient (Wildman–Crippen LogP) is 3.76. The number of hydrogen-bond donors (Lipinski definition) is 1. The van der Waals surface area contributed by atoms with Crippen molar-refractivity contribution in [2.45, 2.75) is 44.9 Å². The number of halogens is 1. The molecule has 0 amide bonds. The molecule has 2 nitrogen and oxygen atoms in total. The van der Waals surface area contributed by atoms with Crippen LogP contribution in [0.25, 0.3) is 0 Å². The van der Waals surface area contributed by atoms with Crippen molar-refractivity contribution in [2.75, 3.05) is 12.3 Å². The first kappa shape index (κ1) is 16.7. The van der Waals surface area contributed by atoms with E-state index in [0.717, 1.165) is 42.1 Å². The molecular weight excluding hydrogens is 278 g/mol. The second kappa shape index (κ2) is 9.51. The monoisotopic (exact) mass is 301 g/mol. The molecule has 0 aliphatic heterocycles. The third-order valence-corrected chi connectivity index (χ3v) is 4.64. The predicted molar refractivity (Wildman–Crippen MR) is 85.2 cm³/mol. The topological polar surface area (TPSA) is 29.1 Å². The van der Waals surface area contributed by atoms with E-state index in [1.165, 1.54) is 0 Å². The first-order valence-corrected chi connectivity index (χ1v) is 8.81. The van der Waals surface area contributed by atoms with E-state index in [0.29, 0.717) is 11.8 Å². The van der Waals surface area contributed by atoms with Crippen molar-refractivity contribution in [3.63, 3.8) is 0 Å². The highest BCUT2D eigenvalue weighted by molar-refractivity contribution is 7.84. The Bertz CT molecular complexity index is 380. The average molecular weight is 302 g/mol. The minimum Gasteiger partial charge on any atom is -0.314 e. The maximum absolute atomic E-state index is 12.0. The Morgan fingerprint density at radius 2 is 2.00 bits per heavy atom. The Hall–Kier alpha value is -0.380. The number of hydrogen-bond acceptors (Lipinski definition) is 2. The minimum absolute atomic E-state index is 0.521. The number of rotatable bonds is 9. The van der Waals surface area contributed by atoms with E-state index in [1.807, 2.05) is 24.3 Å². The van der Waals surface area contributed by atoms with Crippen molar-refractivity contribution in [2.24, 2.45) is 0 Å². The third-order valence-electron chi connectivity index (χ3n) is 2.99. The molecule has 0 saturated carbocycles. The molecule has 0 aliphatic carbocycles. The molecular formula is C15H24ClNOS. The molecule has 1 N–H and O–H groups in total. The van der Waals surface area contributed by atoms with Crippen molar-refractivity contribution in [3.05, 3.63) is 34.9 Å². The molecule has 1 rings (SSSR count). The van der Waals surface area contributed by atoms with E-state index in [-0.39, 0.29) is 0 Å². The smallest absolute Gasteiger partial charge is 0.0485 e. The molecule has 0 saturated heterocycles. The van der Waals surface area contributed by atoms with Crippen LogP contribution in [0.5, 0.6) is 0 Å². The average Bonchev–Trinajstić information content (AvgIpc) is 2.39. The molecule has 2 atom stereocenters. The normalized spacial score (nSPS) is 14.3. The first-order chi connectivity index (χ1) is 9.11. The zero-order chi connectivity index (χ0) is 14.1. The van der Waals surface area contributed by atoms with Gasteiger partial charge in [-0.2, -0.15) is 0 Å². The van der Waals surface area contributed by atoms with Gasteiger partial charge in [0.15, 0.2) is 0 Å². The van der Waals surface area contributed by atoms with Crippen molar-refractivity contribution in [3.8, 4) is 0 Å².